The molecule has 30 heteroatoms. The van der Waals surface area contributed by atoms with Gasteiger partial charge in [0.2, 0.25) is 5.91 Å². The predicted octanol–water partition coefficient (Wildman–Crippen LogP) is 0.486. The van der Waals surface area contributed by atoms with Gasteiger partial charge >= 0.3 is 5.97 Å². The normalized spacial score (nSPS) is 36.5. The number of amides is 1. The van der Waals surface area contributed by atoms with E-state index in [9.17, 15) is 91.3 Å². The number of aliphatic hydroxyl groups is 16. The summed E-state index contributed by atoms with van der Waals surface area (Å²) in [4.78, 5) is 26.0. The van der Waals surface area contributed by atoms with Gasteiger partial charge in [0.15, 0.2) is 25.2 Å². The van der Waals surface area contributed by atoms with Crippen LogP contribution in [0.15, 0.2) is 12.2 Å². The molecule has 1 amide bonds. The molecule has 5 fully saturated rings. The lowest BCUT2D eigenvalue weighted by Crippen LogP contribution is -2.69. The highest BCUT2D eigenvalue weighted by Crippen LogP contribution is 2.43. The highest BCUT2D eigenvalue weighted by Gasteiger charge is 2.60. The van der Waals surface area contributed by atoms with Gasteiger partial charge in [0.25, 0.3) is 6.47 Å². The van der Waals surface area contributed by atoms with Crippen LogP contribution in [-0.4, -0.2) is 293 Å². The zero-order valence-corrected chi connectivity index (χ0v) is 58.6. The smallest absolute Gasteiger partial charge is 0.332 e. The fourth-order valence-electron chi connectivity index (χ4n) is 13.5. The lowest BCUT2D eigenvalue weighted by Gasteiger charge is -2.52. The number of carbonyl (C=O) groups excluding carboxylic acids is 2. The van der Waals surface area contributed by atoms with Crippen LogP contribution in [0.2, 0.25) is 0 Å². The Morgan fingerprint density at radius 1 is 0.515 bits per heavy atom. The topological polar surface area (TPSA) is 471 Å². The van der Waals surface area contributed by atoms with E-state index in [1.807, 2.05) is 6.08 Å². The molecule has 28 atom stereocenters. The summed E-state index contributed by atoms with van der Waals surface area (Å²) in [6.45, 7) is 1.74. The summed E-state index contributed by atoms with van der Waals surface area (Å²) < 4.78 is 66.0. The summed E-state index contributed by atoms with van der Waals surface area (Å²) in [6.07, 6.45) is -12.8. The molecular weight excluding hydrogens is 1310 g/mol. The Morgan fingerprint density at radius 3 is 1.53 bits per heavy atom. The van der Waals surface area contributed by atoms with Crippen molar-refractivity contribution in [2.75, 3.05) is 39.6 Å². The van der Waals surface area contributed by atoms with Crippen LogP contribution in [0.1, 0.15) is 201 Å². The van der Waals surface area contributed by atoms with Crippen LogP contribution in [0.5, 0.6) is 0 Å². The number of ether oxygens (including phenoxy) is 11. The molecule has 0 aromatic rings. The molecule has 0 aliphatic carbocycles. The van der Waals surface area contributed by atoms with Crippen LogP contribution in [0.4, 0.5) is 0 Å². The van der Waals surface area contributed by atoms with Gasteiger partial charge in [-0.3, -0.25) is 9.59 Å². The molecule has 17 N–H and O–H groups in total. The summed E-state index contributed by atoms with van der Waals surface area (Å²) in [6, 6.07) is -1.08. The Labute approximate surface area is 583 Å². The molecule has 0 aromatic carbocycles. The third kappa shape index (κ3) is 26.6. The summed E-state index contributed by atoms with van der Waals surface area (Å²) in [5.41, 5.74) is 0. The van der Waals surface area contributed by atoms with Crippen LogP contribution in [0.3, 0.4) is 0 Å². The minimum atomic E-state index is -2.87. The van der Waals surface area contributed by atoms with E-state index in [2.05, 4.69) is 19.2 Å². The van der Waals surface area contributed by atoms with E-state index in [1.54, 1.807) is 6.08 Å². The summed E-state index contributed by atoms with van der Waals surface area (Å²) in [7, 11) is 0. The van der Waals surface area contributed by atoms with Crippen LogP contribution in [0, 0.1) is 11.8 Å². The molecule has 0 spiro atoms. The van der Waals surface area contributed by atoms with E-state index in [0.29, 0.717) is 12.8 Å². The monoisotopic (exact) mass is 1430 g/mol. The number of aliphatic hydroxyl groups excluding tert-OH is 16. The van der Waals surface area contributed by atoms with E-state index in [1.165, 1.54) is 110 Å². The Bertz CT molecular complexity index is 2180. The maximum Gasteiger partial charge on any atom is 0.332 e. The van der Waals surface area contributed by atoms with Gasteiger partial charge < -0.3 is 139 Å². The number of hydrogen-bond donors (Lipinski definition) is 17. The van der Waals surface area contributed by atoms with Crippen molar-refractivity contribution < 1.29 is 143 Å². The van der Waals surface area contributed by atoms with Crippen molar-refractivity contribution in [3.05, 3.63) is 12.2 Å². The minimum Gasteiger partial charge on any atom is -0.410 e. The van der Waals surface area contributed by atoms with Crippen LogP contribution in [0.25, 0.3) is 0 Å². The molecule has 99 heavy (non-hydrogen) atoms. The standard InChI is InChI=1S/C69H125NO29/c1-5-7-9-11-13-15-17-19-21-23-25-27-29-31-44(77)43(70-51(80)32-30-28-26-24-22-20-18-16-14-12-10-8-6-2)39-89-66-58(87)56(85)62(49(37-74)93-66)96-68-59(88)64(99-69(90-40-76)33-45(78)41(3)61(98-69)52(81)46(79)34-71)63(50(38-75)94-68)97-65-42(4)60(54(83)48(36-73)91-65)95-67-57(86)55(84)53(82)47(35-72)92-67/h29,31,40-50,52-68,71-75,77-79,81-88H,5-28,30,32-39H2,1-4H3,(H,70,80)/b31-29+/t41-,42?,43+,44-,45-,46-,47?,48?,49?,50?,52-,53+,54+,55+,56-,57?,58?,59?,60-,61?,62-,63+,64-,65+,66-,67+,68+,69+/m1/s1. The molecule has 30 nitrogen and oxygen atoms in total. The van der Waals surface area contributed by atoms with Crippen LogP contribution < -0.4 is 5.32 Å². The molecule has 5 rings (SSSR count). The zero-order valence-electron chi connectivity index (χ0n) is 58.6. The molecule has 5 heterocycles. The first-order valence-electron chi connectivity index (χ1n) is 36.8. The summed E-state index contributed by atoms with van der Waals surface area (Å²) >= 11 is 0. The van der Waals surface area contributed by atoms with Gasteiger partial charge in [-0.05, 0) is 19.3 Å². The summed E-state index contributed by atoms with van der Waals surface area (Å²) in [5.74, 6) is -5.57. The first-order valence-corrected chi connectivity index (χ1v) is 36.8. The van der Waals surface area contributed by atoms with Gasteiger partial charge in [-0.15, -0.1) is 0 Å². The Balaban J connectivity index is 1.34. The third-order valence-corrected chi connectivity index (χ3v) is 19.9. The number of nitrogens with one attached hydrogen (secondary N) is 1. The molecule has 0 saturated carbocycles. The second-order valence-electron chi connectivity index (χ2n) is 27.7. The fourth-order valence-corrected chi connectivity index (χ4v) is 13.5. The number of rotatable bonds is 49. The van der Waals surface area contributed by atoms with E-state index < -0.39 is 217 Å². The molecule has 580 valence electrons. The third-order valence-electron chi connectivity index (χ3n) is 19.9. The summed E-state index contributed by atoms with van der Waals surface area (Å²) in [5, 5.41) is 179. The molecule has 0 radical (unpaired) electrons. The van der Waals surface area contributed by atoms with Crippen LogP contribution in [-0.2, 0) is 61.7 Å². The van der Waals surface area contributed by atoms with Crippen molar-refractivity contribution in [1.29, 1.82) is 0 Å². The van der Waals surface area contributed by atoms with Gasteiger partial charge in [-0.25, -0.2) is 0 Å². The second-order valence-corrected chi connectivity index (χ2v) is 27.7. The molecule has 5 aliphatic rings. The van der Waals surface area contributed by atoms with E-state index in [4.69, 9.17) is 52.1 Å². The highest BCUT2D eigenvalue weighted by molar-refractivity contribution is 5.76. The predicted molar refractivity (Wildman–Crippen MR) is 352 cm³/mol. The first kappa shape index (κ1) is 87.3. The van der Waals surface area contributed by atoms with Gasteiger partial charge in [0.1, 0.15) is 97.7 Å². The van der Waals surface area contributed by atoms with E-state index in [0.717, 1.165) is 51.4 Å². The lowest BCUT2D eigenvalue weighted by atomic mass is 9.86. The molecule has 5 aliphatic heterocycles. The molecule has 5 saturated heterocycles. The quantitative estimate of drug-likeness (QED) is 0.0170. The minimum absolute atomic E-state index is 0.171. The van der Waals surface area contributed by atoms with Gasteiger partial charge in [0, 0.05) is 18.3 Å². The van der Waals surface area contributed by atoms with E-state index in [-0.39, 0.29) is 18.8 Å². The zero-order chi connectivity index (χ0) is 72.6. The Kier molecular flexibility index (Phi) is 41.0. The van der Waals surface area contributed by atoms with Crippen molar-refractivity contribution >= 4 is 12.4 Å². The van der Waals surface area contributed by atoms with Crippen molar-refractivity contribution in [3.63, 3.8) is 0 Å². The maximum atomic E-state index is 13.5. The van der Waals surface area contributed by atoms with Crippen molar-refractivity contribution in [3.8, 4) is 0 Å². The Hall–Kier alpha value is -2.36. The number of allylic oxidation sites excluding steroid dienone is 1. The molecular formula is C69H125NO29. The molecule has 0 aromatic heterocycles. The number of carbonyl (C=O) groups is 2. The van der Waals surface area contributed by atoms with Crippen LogP contribution >= 0.6 is 0 Å². The highest BCUT2D eigenvalue weighted by atomic mass is 16.9. The average molecular weight is 1430 g/mol. The van der Waals surface area contributed by atoms with Crippen molar-refractivity contribution in [2.45, 2.75) is 360 Å². The van der Waals surface area contributed by atoms with Gasteiger partial charge in [-0.1, -0.05) is 181 Å². The van der Waals surface area contributed by atoms with Crippen molar-refractivity contribution in [1.82, 2.24) is 5.32 Å². The Morgan fingerprint density at radius 2 is 0.980 bits per heavy atom. The lowest BCUT2D eigenvalue weighted by molar-refractivity contribution is -0.455. The molecule has 0 bridgehead atoms. The fraction of sp³-hybridized carbons (Fsp3) is 0.942. The largest absolute Gasteiger partial charge is 0.410 e. The average Bonchev–Trinajstić information content (AvgIpc) is 0.757. The van der Waals surface area contributed by atoms with E-state index >= 15 is 0 Å². The second kappa shape index (κ2) is 46.6. The number of hydrogen-bond acceptors (Lipinski definition) is 29. The maximum absolute atomic E-state index is 13.5. The first-order chi connectivity index (χ1) is 47.6. The van der Waals surface area contributed by atoms with Gasteiger partial charge in [0.05, 0.1) is 76.5 Å². The molecule has 9 unspecified atom stereocenters. The van der Waals surface area contributed by atoms with Gasteiger partial charge in [-0.2, -0.15) is 0 Å². The van der Waals surface area contributed by atoms with Crippen molar-refractivity contribution in [2.24, 2.45) is 11.8 Å². The number of unbranched alkanes of at least 4 members (excludes halogenated alkanes) is 23. The SMILES string of the molecule is CCCCCCCCCCCCC/C=C/[C@@H](O)[C@H](CO[C@@H]1OC(CO)[C@@H](O[C@@H]2OC(CO)[C@H](O[C@@H]3OC(CO)[C@H](O)[C@H](O[C@@H]4OC(CO)[C@H](O)[C@H](O)C4O)C3C)[C@H](O[C@]3(OC=O)C[C@@H](O)[C@@H](C)C([C@H](O)[C@H](O)CO)O3)C2O)[C@H](O)C1O)NC(=O)CCCCCCCCCCCCCCC.